The molecule has 0 aliphatic carbocycles. The zero-order chi connectivity index (χ0) is 19.2. The maximum atomic E-state index is 12.7. The number of aromatic amines is 1. The van der Waals surface area contributed by atoms with Gasteiger partial charge in [-0.05, 0) is 61.4 Å². The van der Waals surface area contributed by atoms with Crippen molar-refractivity contribution >= 4 is 38.0 Å². The van der Waals surface area contributed by atoms with Crippen molar-refractivity contribution in [2.24, 2.45) is 0 Å². The summed E-state index contributed by atoms with van der Waals surface area (Å²) in [5.74, 6) is 0.459. The van der Waals surface area contributed by atoms with Gasteiger partial charge in [-0.15, -0.1) is 11.3 Å². The number of thiophene rings is 1. The molecule has 1 aromatic carbocycles. The molecule has 138 valence electrons. The van der Waals surface area contributed by atoms with Crippen LogP contribution in [0.4, 0.5) is 5.69 Å². The summed E-state index contributed by atoms with van der Waals surface area (Å²) in [6.07, 6.45) is 1.80. The van der Waals surface area contributed by atoms with Crippen LogP contribution < -0.4 is 10.9 Å². The Labute approximate surface area is 159 Å². The Hall–Kier alpha value is -2.77. The highest BCUT2D eigenvalue weighted by Gasteiger charge is 2.14. The highest BCUT2D eigenvalue weighted by molar-refractivity contribution is 7.17. The highest BCUT2D eigenvalue weighted by Crippen LogP contribution is 2.25. The predicted octanol–water partition coefficient (Wildman–Crippen LogP) is 3.69. The van der Waals surface area contributed by atoms with Crippen molar-refractivity contribution in [3.05, 3.63) is 51.8 Å². The lowest BCUT2D eigenvalue weighted by atomic mass is 10.1. The molecule has 27 heavy (non-hydrogen) atoms. The minimum Gasteiger partial charge on any atom is -0.389 e. The lowest BCUT2D eigenvalue weighted by molar-refractivity contribution is 0.0945. The third-order valence-electron chi connectivity index (χ3n) is 4.31. The maximum absolute atomic E-state index is 12.7. The molecule has 4 aromatic rings. The van der Waals surface area contributed by atoms with Crippen molar-refractivity contribution in [2.45, 2.75) is 26.4 Å². The summed E-state index contributed by atoms with van der Waals surface area (Å²) in [4.78, 5) is 24.6. The summed E-state index contributed by atoms with van der Waals surface area (Å²) < 4.78 is 1.10. The maximum Gasteiger partial charge on any atom is 0.259 e. The Balaban J connectivity index is 1.79. The van der Waals surface area contributed by atoms with Gasteiger partial charge in [0.05, 0.1) is 21.2 Å². The molecule has 0 saturated carbocycles. The van der Waals surface area contributed by atoms with E-state index in [1.54, 1.807) is 37.4 Å². The molecule has 0 spiro atoms. The summed E-state index contributed by atoms with van der Waals surface area (Å²) >= 11 is 1.63. The first-order chi connectivity index (χ1) is 12.8. The van der Waals surface area contributed by atoms with Gasteiger partial charge in [0.15, 0.2) is 5.82 Å². The molecule has 7 heteroatoms. The van der Waals surface area contributed by atoms with Crippen LogP contribution in [0, 0.1) is 6.92 Å². The summed E-state index contributed by atoms with van der Waals surface area (Å²) in [7, 11) is 0. The SMILES string of the molecule is Cc1cc(NCC(C)(C)O)cc2c(=O)[nH]c(-c3cc4ccsc4cn3)nc12. The Kier molecular flexibility index (Phi) is 4.20. The van der Waals surface area contributed by atoms with Crippen LogP contribution in [0.5, 0.6) is 0 Å². The van der Waals surface area contributed by atoms with Crippen molar-refractivity contribution in [1.29, 1.82) is 0 Å². The average molecular weight is 380 g/mol. The quantitative estimate of drug-likeness (QED) is 0.502. The van der Waals surface area contributed by atoms with Gasteiger partial charge in [-0.2, -0.15) is 0 Å². The standard InChI is InChI=1S/C20H20N4O2S/c1-11-6-13(22-10-20(2,3)26)8-14-17(11)23-18(24-19(14)25)15-7-12-4-5-27-16(12)9-21-15/h4-9,22,26H,10H2,1-3H3,(H,23,24,25). The number of pyridine rings is 1. The molecule has 0 aliphatic heterocycles. The number of rotatable bonds is 4. The Morgan fingerprint density at radius 1 is 1.30 bits per heavy atom. The summed E-state index contributed by atoms with van der Waals surface area (Å²) in [6.45, 7) is 5.76. The van der Waals surface area contributed by atoms with E-state index < -0.39 is 5.60 Å². The molecule has 0 unspecified atom stereocenters. The van der Waals surface area contributed by atoms with Gasteiger partial charge in [-0.1, -0.05) is 0 Å². The highest BCUT2D eigenvalue weighted by atomic mass is 32.1. The van der Waals surface area contributed by atoms with E-state index in [4.69, 9.17) is 0 Å². The first-order valence-corrected chi connectivity index (χ1v) is 9.53. The molecule has 3 N–H and O–H groups in total. The van der Waals surface area contributed by atoms with Gasteiger partial charge in [0.1, 0.15) is 5.69 Å². The van der Waals surface area contributed by atoms with E-state index in [1.165, 1.54) is 0 Å². The number of benzene rings is 1. The van der Waals surface area contributed by atoms with Gasteiger partial charge in [0, 0.05) is 18.4 Å². The second-order valence-electron chi connectivity index (χ2n) is 7.30. The largest absolute Gasteiger partial charge is 0.389 e. The number of nitrogens with one attached hydrogen (secondary N) is 2. The number of hydrogen-bond acceptors (Lipinski definition) is 6. The van der Waals surface area contributed by atoms with Crippen LogP contribution in [0.3, 0.4) is 0 Å². The number of aryl methyl sites for hydroxylation is 1. The molecule has 0 amide bonds. The molecule has 0 atom stereocenters. The predicted molar refractivity (Wildman–Crippen MR) is 111 cm³/mol. The molecule has 0 saturated heterocycles. The van der Waals surface area contributed by atoms with E-state index in [0.29, 0.717) is 29.0 Å². The van der Waals surface area contributed by atoms with Gasteiger partial charge < -0.3 is 15.4 Å². The lowest BCUT2D eigenvalue weighted by Crippen LogP contribution is -2.29. The first-order valence-electron chi connectivity index (χ1n) is 8.65. The number of fused-ring (bicyclic) bond motifs is 2. The average Bonchev–Trinajstić information content (AvgIpc) is 3.07. The van der Waals surface area contributed by atoms with Crippen molar-refractivity contribution in [3.63, 3.8) is 0 Å². The van der Waals surface area contributed by atoms with E-state index in [0.717, 1.165) is 21.3 Å². The number of hydrogen-bond donors (Lipinski definition) is 3. The lowest BCUT2D eigenvalue weighted by Gasteiger charge is -2.19. The molecule has 3 aromatic heterocycles. The molecular formula is C20H20N4O2S. The van der Waals surface area contributed by atoms with Gasteiger partial charge in [0.25, 0.3) is 5.56 Å². The smallest absolute Gasteiger partial charge is 0.259 e. The Bertz CT molecular complexity index is 1200. The summed E-state index contributed by atoms with van der Waals surface area (Å²) in [5.41, 5.74) is 1.90. The third kappa shape index (κ3) is 3.56. The van der Waals surface area contributed by atoms with E-state index in [1.807, 2.05) is 30.5 Å². The Morgan fingerprint density at radius 2 is 2.11 bits per heavy atom. The van der Waals surface area contributed by atoms with Crippen molar-refractivity contribution in [1.82, 2.24) is 15.0 Å². The molecule has 0 radical (unpaired) electrons. The fraction of sp³-hybridized carbons (Fsp3) is 0.250. The van der Waals surface area contributed by atoms with Gasteiger partial charge in [0.2, 0.25) is 0 Å². The summed E-state index contributed by atoms with van der Waals surface area (Å²) in [5, 5.41) is 16.7. The van der Waals surface area contributed by atoms with Crippen LogP contribution in [0.15, 0.2) is 40.6 Å². The minimum absolute atomic E-state index is 0.211. The van der Waals surface area contributed by atoms with Gasteiger partial charge >= 0.3 is 0 Å². The second-order valence-corrected chi connectivity index (χ2v) is 8.25. The molecule has 0 bridgehead atoms. The van der Waals surface area contributed by atoms with Crippen molar-refractivity contribution in [2.75, 3.05) is 11.9 Å². The molecule has 0 aliphatic rings. The number of anilines is 1. The van der Waals surface area contributed by atoms with Crippen LogP contribution in [0.2, 0.25) is 0 Å². The fourth-order valence-electron chi connectivity index (χ4n) is 2.95. The second kappa shape index (κ2) is 6.44. The topological polar surface area (TPSA) is 90.9 Å². The number of H-pyrrole nitrogens is 1. The monoisotopic (exact) mass is 380 g/mol. The normalized spacial score (nSPS) is 12.0. The molecule has 4 rings (SSSR count). The zero-order valence-electron chi connectivity index (χ0n) is 15.3. The number of nitrogens with zero attached hydrogens (tertiary/aromatic N) is 2. The first kappa shape index (κ1) is 17.6. The number of aliphatic hydroxyl groups is 1. The van der Waals surface area contributed by atoms with Crippen molar-refractivity contribution < 1.29 is 5.11 Å². The van der Waals surface area contributed by atoms with Crippen molar-refractivity contribution in [3.8, 4) is 11.5 Å². The van der Waals surface area contributed by atoms with E-state index >= 15 is 0 Å². The van der Waals surface area contributed by atoms with Crippen LogP contribution in [0.1, 0.15) is 19.4 Å². The van der Waals surface area contributed by atoms with Gasteiger partial charge in [-0.25, -0.2) is 4.98 Å². The van der Waals surface area contributed by atoms with E-state index in [2.05, 4.69) is 20.3 Å². The molecule has 0 fully saturated rings. The zero-order valence-corrected chi connectivity index (χ0v) is 16.1. The van der Waals surface area contributed by atoms with Gasteiger partial charge in [-0.3, -0.25) is 9.78 Å². The molecule has 6 nitrogen and oxygen atoms in total. The van der Waals surface area contributed by atoms with Crippen LogP contribution in [0.25, 0.3) is 32.5 Å². The third-order valence-corrected chi connectivity index (χ3v) is 5.18. The molecule has 3 heterocycles. The van der Waals surface area contributed by atoms with Crippen LogP contribution in [-0.4, -0.2) is 32.2 Å². The fourth-order valence-corrected chi connectivity index (χ4v) is 3.69. The van der Waals surface area contributed by atoms with Crippen LogP contribution >= 0.6 is 11.3 Å². The minimum atomic E-state index is -0.844. The van der Waals surface area contributed by atoms with E-state index in [9.17, 15) is 9.90 Å². The summed E-state index contributed by atoms with van der Waals surface area (Å²) in [6, 6.07) is 7.65. The number of aromatic nitrogens is 3. The Morgan fingerprint density at radius 3 is 2.89 bits per heavy atom. The molecular weight excluding hydrogens is 360 g/mol. The van der Waals surface area contributed by atoms with E-state index in [-0.39, 0.29) is 5.56 Å². The van der Waals surface area contributed by atoms with Crippen LogP contribution in [-0.2, 0) is 0 Å².